The summed E-state index contributed by atoms with van der Waals surface area (Å²) in [4.78, 5) is 17.2. The Morgan fingerprint density at radius 1 is 1.19 bits per heavy atom. The van der Waals surface area contributed by atoms with Crippen LogP contribution in [0.3, 0.4) is 0 Å². The topological polar surface area (TPSA) is 56.1 Å². The Morgan fingerprint density at radius 3 is 2.93 bits per heavy atom. The Morgan fingerprint density at radius 2 is 2.07 bits per heavy atom. The van der Waals surface area contributed by atoms with E-state index in [1.807, 2.05) is 55.5 Å². The lowest BCUT2D eigenvalue weighted by Gasteiger charge is -2.11. The SMILES string of the molecule is Cc1cccc(OCC(=O)Nc2ccccc2-c2cn3c(n2)CCCC3)c1. The zero-order valence-corrected chi connectivity index (χ0v) is 15.4. The second-order valence-electron chi connectivity index (χ2n) is 6.89. The van der Waals surface area contributed by atoms with Crippen LogP contribution in [0.4, 0.5) is 5.69 Å². The third-order valence-corrected chi connectivity index (χ3v) is 4.75. The van der Waals surface area contributed by atoms with Crippen LogP contribution in [0.2, 0.25) is 0 Å². The van der Waals surface area contributed by atoms with E-state index < -0.39 is 0 Å². The van der Waals surface area contributed by atoms with Crippen molar-refractivity contribution in [2.45, 2.75) is 32.7 Å². The van der Waals surface area contributed by atoms with Crippen LogP contribution < -0.4 is 10.1 Å². The van der Waals surface area contributed by atoms with E-state index in [1.54, 1.807) is 0 Å². The number of amides is 1. The number of anilines is 1. The molecule has 5 nitrogen and oxygen atoms in total. The zero-order valence-electron chi connectivity index (χ0n) is 15.4. The number of nitrogens with zero attached hydrogens (tertiary/aromatic N) is 2. The van der Waals surface area contributed by atoms with Crippen LogP contribution in [-0.4, -0.2) is 22.1 Å². The summed E-state index contributed by atoms with van der Waals surface area (Å²) in [5.41, 5.74) is 3.69. The Kier molecular flexibility index (Phi) is 4.92. The molecule has 0 bridgehead atoms. The molecule has 0 spiro atoms. The predicted octanol–water partition coefficient (Wildman–Crippen LogP) is 4.21. The largest absolute Gasteiger partial charge is 0.484 e. The normalized spacial score (nSPS) is 13.1. The number of hydrogen-bond donors (Lipinski definition) is 1. The summed E-state index contributed by atoms with van der Waals surface area (Å²) in [7, 11) is 0. The van der Waals surface area contributed by atoms with Crippen molar-refractivity contribution in [3.05, 3.63) is 66.1 Å². The quantitative estimate of drug-likeness (QED) is 0.740. The average Bonchev–Trinajstić information content (AvgIpc) is 3.11. The highest BCUT2D eigenvalue weighted by Crippen LogP contribution is 2.29. The molecular formula is C22H23N3O2. The standard InChI is InChI=1S/C22H23N3O2/c1-16-7-6-8-17(13-16)27-15-22(26)24-19-10-3-2-9-18(19)20-14-25-12-5-4-11-21(25)23-20/h2-3,6-10,13-14H,4-5,11-12,15H2,1H3,(H,24,26). The van der Waals surface area contributed by atoms with Gasteiger partial charge in [-0.25, -0.2) is 4.98 Å². The lowest BCUT2D eigenvalue weighted by Crippen LogP contribution is -2.20. The molecule has 2 aromatic carbocycles. The number of rotatable bonds is 5. The fraction of sp³-hybridized carbons (Fsp3) is 0.273. The van der Waals surface area contributed by atoms with Crippen molar-refractivity contribution in [3.8, 4) is 17.0 Å². The number of hydrogen-bond acceptors (Lipinski definition) is 3. The van der Waals surface area contributed by atoms with Crippen molar-refractivity contribution in [3.63, 3.8) is 0 Å². The van der Waals surface area contributed by atoms with Gasteiger partial charge in [0.1, 0.15) is 11.6 Å². The average molecular weight is 361 g/mol. The molecule has 0 saturated heterocycles. The van der Waals surface area contributed by atoms with Gasteiger partial charge in [0.2, 0.25) is 0 Å². The number of imidazole rings is 1. The number of carbonyl (C=O) groups excluding carboxylic acids is 1. The van der Waals surface area contributed by atoms with E-state index in [-0.39, 0.29) is 12.5 Å². The maximum absolute atomic E-state index is 12.4. The van der Waals surface area contributed by atoms with Crippen LogP contribution in [0.1, 0.15) is 24.2 Å². The van der Waals surface area contributed by atoms with E-state index in [2.05, 4.69) is 16.1 Å². The monoisotopic (exact) mass is 361 g/mol. The third-order valence-electron chi connectivity index (χ3n) is 4.75. The minimum atomic E-state index is -0.187. The number of para-hydroxylation sites is 1. The highest BCUT2D eigenvalue weighted by atomic mass is 16.5. The molecule has 1 amide bonds. The van der Waals surface area contributed by atoms with E-state index in [4.69, 9.17) is 9.72 Å². The van der Waals surface area contributed by atoms with Crippen LogP contribution in [-0.2, 0) is 17.8 Å². The van der Waals surface area contributed by atoms with Gasteiger partial charge in [-0.3, -0.25) is 4.79 Å². The number of carbonyl (C=O) groups is 1. The van der Waals surface area contributed by atoms with Crippen molar-refractivity contribution in [2.24, 2.45) is 0 Å². The van der Waals surface area contributed by atoms with E-state index in [1.165, 1.54) is 12.8 Å². The van der Waals surface area contributed by atoms with Gasteiger partial charge in [0, 0.05) is 24.7 Å². The minimum Gasteiger partial charge on any atom is -0.484 e. The highest BCUT2D eigenvalue weighted by Gasteiger charge is 2.16. The summed E-state index contributed by atoms with van der Waals surface area (Å²) in [5.74, 6) is 1.63. The van der Waals surface area contributed by atoms with Crippen molar-refractivity contribution in [1.29, 1.82) is 0 Å². The van der Waals surface area contributed by atoms with E-state index >= 15 is 0 Å². The number of ether oxygens (including phenoxy) is 1. The van der Waals surface area contributed by atoms with Gasteiger partial charge in [-0.05, 0) is 43.5 Å². The Bertz CT molecular complexity index is 938. The van der Waals surface area contributed by atoms with Gasteiger partial charge in [-0.15, -0.1) is 0 Å². The van der Waals surface area contributed by atoms with Gasteiger partial charge in [-0.2, -0.15) is 0 Å². The third kappa shape index (κ3) is 4.03. The summed E-state index contributed by atoms with van der Waals surface area (Å²) in [6.07, 6.45) is 5.48. The Hall–Kier alpha value is -3.08. The van der Waals surface area contributed by atoms with Gasteiger partial charge >= 0.3 is 0 Å². The molecule has 27 heavy (non-hydrogen) atoms. The lowest BCUT2D eigenvalue weighted by molar-refractivity contribution is -0.118. The minimum absolute atomic E-state index is 0.0303. The van der Waals surface area contributed by atoms with E-state index in [0.29, 0.717) is 5.75 Å². The van der Waals surface area contributed by atoms with Crippen molar-refractivity contribution < 1.29 is 9.53 Å². The Labute approximate surface area is 159 Å². The highest BCUT2D eigenvalue weighted by molar-refractivity contribution is 5.95. The van der Waals surface area contributed by atoms with Crippen LogP contribution in [0.15, 0.2) is 54.7 Å². The second-order valence-corrected chi connectivity index (χ2v) is 6.89. The van der Waals surface area contributed by atoms with E-state index in [0.717, 1.165) is 41.3 Å². The number of benzene rings is 2. The smallest absolute Gasteiger partial charge is 0.262 e. The first-order valence-corrected chi connectivity index (χ1v) is 9.34. The van der Waals surface area contributed by atoms with E-state index in [9.17, 15) is 4.79 Å². The molecule has 1 aliphatic rings. The second kappa shape index (κ2) is 7.66. The van der Waals surface area contributed by atoms with Crippen LogP contribution in [0.5, 0.6) is 5.75 Å². The van der Waals surface area contributed by atoms with Gasteiger partial charge in [0.05, 0.1) is 11.4 Å². The predicted molar refractivity (Wildman–Crippen MR) is 106 cm³/mol. The molecule has 0 radical (unpaired) electrons. The molecule has 0 atom stereocenters. The maximum Gasteiger partial charge on any atom is 0.262 e. The molecule has 0 saturated carbocycles. The van der Waals surface area contributed by atoms with Crippen molar-refractivity contribution in [2.75, 3.05) is 11.9 Å². The molecule has 1 N–H and O–H groups in total. The van der Waals surface area contributed by atoms with Gasteiger partial charge in [-0.1, -0.05) is 30.3 Å². The molecule has 1 aromatic heterocycles. The van der Waals surface area contributed by atoms with Gasteiger partial charge in [0.25, 0.3) is 5.91 Å². The fourth-order valence-corrected chi connectivity index (χ4v) is 3.40. The summed E-state index contributed by atoms with van der Waals surface area (Å²) in [5, 5.41) is 2.96. The number of aryl methyl sites for hydroxylation is 3. The number of fused-ring (bicyclic) bond motifs is 1. The zero-order chi connectivity index (χ0) is 18.6. The van der Waals surface area contributed by atoms with Crippen molar-refractivity contribution in [1.82, 2.24) is 9.55 Å². The summed E-state index contributed by atoms with van der Waals surface area (Å²) in [6, 6.07) is 15.4. The molecule has 1 aliphatic heterocycles. The molecule has 4 rings (SSSR count). The molecule has 138 valence electrons. The molecule has 2 heterocycles. The first-order chi connectivity index (χ1) is 13.2. The van der Waals surface area contributed by atoms with Crippen LogP contribution in [0.25, 0.3) is 11.3 Å². The summed E-state index contributed by atoms with van der Waals surface area (Å²) < 4.78 is 7.82. The number of nitrogens with one attached hydrogen (secondary N) is 1. The molecule has 5 heteroatoms. The fourth-order valence-electron chi connectivity index (χ4n) is 3.40. The number of aromatic nitrogens is 2. The maximum atomic E-state index is 12.4. The van der Waals surface area contributed by atoms with Gasteiger partial charge in [0.15, 0.2) is 6.61 Å². The van der Waals surface area contributed by atoms with Crippen molar-refractivity contribution >= 4 is 11.6 Å². The first kappa shape index (κ1) is 17.3. The Balaban J connectivity index is 1.48. The molecular weight excluding hydrogens is 338 g/mol. The molecule has 3 aromatic rings. The van der Waals surface area contributed by atoms with Crippen LogP contribution >= 0.6 is 0 Å². The molecule has 0 aliphatic carbocycles. The summed E-state index contributed by atoms with van der Waals surface area (Å²) in [6.45, 7) is 2.98. The van der Waals surface area contributed by atoms with Crippen LogP contribution in [0, 0.1) is 6.92 Å². The first-order valence-electron chi connectivity index (χ1n) is 9.34. The molecule has 0 unspecified atom stereocenters. The lowest BCUT2D eigenvalue weighted by atomic mass is 10.1. The molecule has 0 fully saturated rings. The van der Waals surface area contributed by atoms with Gasteiger partial charge < -0.3 is 14.6 Å². The summed E-state index contributed by atoms with van der Waals surface area (Å²) >= 11 is 0.